The molecule has 0 bridgehead atoms. The molecule has 2 saturated carbocycles. The Labute approximate surface area is 520 Å². The Kier molecular flexibility index (Phi) is 28.0. The number of thiazole rings is 1. The Morgan fingerprint density at radius 3 is 1.43 bits per heavy atom. The van der Waals surface area contributed by atoms with Crippen LogP contribution >= 0.6 is 11.3 Å². The summed E-state index contributed by atoms with van der Waals surface area (Å²) in [6, 6.07) is 30.7. The van der Waals surface area contributed by atoms with E-state index in [1.807, 2.05) is 6.07 Å². The molecule has 6 aromatic rings. The Hall–Kier alpha value is -8.38. The van der Waals surface area contributed by atoms with Crippen LogP contribution in [0.1, 0.15) is 141 Å². The summed E-state index contributed by atoms with van der Waals surface area (Å²) in [5.74, 6) is -1.05. The van der Waals surface area contributed by atoms with Crippen molar-refractivity contribution in [3.63, 3.8) is 0 Å². The number of aromatic nitrogens is 1. The summed E-state index contributed by atoms with van der Waals surface area (Å²) in [5.41, 5.74) is 1.48. The Morgan fingerprint density at radius 1 is 0.511 bits per heavy atom. The number of para-hydroxylation sites is 1. The van der Waals surface area contributed by atoms with Crippen molar-refractivity contribution in [3.05, 3.63) is 134 Å². The number of nitrogens with one attached hydrogen (secondary N) is 2. The van der Waals surface area contributed by atoms with E-state index in [4.69, 9.17) is 43.3 Å². The number of hydrogen-bond donors (Lipinski definition) is 2. The molecule has 2 N–H and O–H groups in total. The van der Waals surface area contributed by atoms with Gasteiger partial charge in [-0.25, -0.2) is 14.6 Å². The quantitative estimate of drug-likeness (QED) is 0.0128. The fourth-order valence-corrected chi connectivity index (χ4v) is 11.2. The molecular formula is C70H83N3O14S. The van der Waals surface area contributed by atoms with Crippen molar-refractivity contribution in [1.29, 1.82) is 5.41 Å². The lowest BCUT2D eigenvalue weighted by molar-refractivity contribution is -0.145. The molecule has 2 aliphatic rings. The van der Waals surface area contributed by atoms with Gasteiger partial charge in [0.2, 0.25) is 0 Å². The second kappa shape index (κ2) is 36.7. The van der Waals surface area contributed by atoms with E-state index in [1.165, 1.54) is 30.4 Å². The average Bonchev–Trinajstić information content (AvgIpc) is 4.14. The molecule has 0 radical (unpaired) electrons. The van der Waals surface area contributed by atoms with Crippen molar-refractivity contribution in [2.45, 2.75) is 135 Å². The Balaban J connectivity index is 0.000000593. The van der Waals surface area contributed by atoms with E-state index >= 15 is 0 Å². The van der Waals surface area contributed by atoms with E-state index < -0.39 is 23.8 Å². The first kappa shape index (κ1) is 67.1. The number of anilines is 1. The van der Waals surface area contributed by atoms with E-state index in [-0.39, 0.29) is 41.4 Å². The highest BCUT2D eigenvalue weighted by Gasteiger charge is 2.34. The highest BCUT2D eigenvalue weighted by molar-refractivity contribution is 7.22. The largest absolute Gasteiger partial charge is 0.494 e. The fourth-order valence-electron chi connectivity index (χ4n) is 10.3. The van der Waals surface area contributed by atoms with Gasteiger partial charge < -0.3 is 48.6 Å². The number of unbranched alkanes of at least 4 members (excludes halogenated alkanes) is 9. The van der Waals surface area contributed by atoms with Gasteiger partial charge in [0.15, 0.2) is 5.13 Å². The summed E-state index contributed by atoms with van der Waals surface area (Å²) >= 11 is 1.74. The number of nitrogens with zero attached hydrogens (tertiary/aromatic N) is 1. The van der Waals surface area contributed by atoms with Gasteiger partial charge in [-0.3, -0.25) is 19.2 Å². The molecule has 1 aromatic heterocycles. The lowest BCUT2D eigenvalue weighted by Crippen LogP contribution is -2.30. The molecule has 88 heavy (non-hydrogen) atoms. The van der Waals surface area contributed by atoms with Crippen LogP contribution in [0.15, 0.2) is 128 Å². The van der Waals surface area contributed by atoms with Gasteiger partial charge in [-0.2, -0.15) is 0 Å². The standard InChI is InChI=1S/C57H65NO14.C13H18N2S/c1-3-52(59)67-33-11-7-5-9-31-65-46-23-27-48(28-24-46)69-54(61)39-13-15-41(16-14-39)56(63)71-50-22-21-43-37-51(45(38-58)35-44(43)36-50)72-57(64)42-19-17-40(18-20-42)55(62)70-49-29-25-47(26-30-49)66-32-10-6-8-12-34-68-53(60)4-2;1-2-3-4-7-10-14-13-15-11-8-5-6-9-12(11)16-13/h3-4,21-30,35-42,58H,1-2,5-20,31-34H2;5-6,8-9H,2-4,7,10H2,1H3,(H,14,15). The van der Waals surface area contributed by atoms with E-state index in [1.54, 1.807) is 90.2 Å². The molecule has 0 saturated heterocycles. The van der Waals surface area contributed by atoms with Gasteiger partial charge in [-0.15, -0.1) is 0 Å². The van der Waals surface area contributed by atoms with E-state index in [0.29, 0.717) is 117 Å². The molecule has 18 heteroatoms. The lowest BCUT2D eigenvalue weighted by Gasteiger charge is -2.26. The first-order valence-corrected chi connectivity index (χ1v) is 31.8. The topological polar surface area (TPSA) is 225 Å². The van der Waals surface area contributed by atoms with Crippen LogP contribution in [-0.2, 0) is 38.2 Å². The number of carbonyl (C=O) groups is 6. The third kappa shape index (κ3) is 22.4. The molecule has 2 fully saturated rings. The van der Waals surface area contributed by atoms with Crippen molar-refractivity contribution in [2.24, 2.45) is 23.7 Å². The second-order valence-corrected chi connectivity index (χ2v) is 23.0. The number of carbonyl (C=O) groups excluding carboxylic acids is 6. The number of fused-ring (bicyclic) bond motifs is 2. The zero-order valence-corrected chi connectivity index (χ0v) is 51.3. The number of rotatable bonds is 33. The number of ether oxygens (including phenoxy) is 8. The van der Waals surface area contributed by atoms with Crippen molar-refractivity contribution >= 4 is 79.5 Å². The third-order valence-electron chi connectivity index (χ3n) is 15.4. The van der Waals surface area contributed by atoms with Crippen LogP contribution in [0.5, 0.6) is 34.5 Å². The monoisotopic (exact) mass is 1220 g/mol. The molecule has 5 aromatic carbocycles. The molecule has 468 valence electrons. The van der Waals surface area contributed by atoms with Crippen molar-refractivity contribution in [2.75, 3.05) is 38.3 Å². The van der Waals surface area contributed by atoms with Crippen LogP contribution in [-0.4, -0.2) is 80.0 Å². The molecule has 0 atom stereocenters. The number of benzene rings is 5. The van der Waals surface area contributed by atoms with Gasteiger partial charge in [0.25, 0.3) is 0 Å². The minimum atomic E-state index is -0.426. The minimum Gasteiger partial charge on any atom is -0.494 e. The molecule has 0 unspecified atom stereocenters. The maximum atomic E-state index is 13.4. The van der Waals surface area contributed by atoms with E-state index in [0.717, 1.165) is 92.3 Å². The predicted octanol–water partition coefficient (Wildman–Crippen LogP) is 15.1. The zero-order valence-electron chi connectivity index (χ0n) is 50.5. The summed E-state index contributed by atoms with van der Waals surface area (Å²) in [7, 11) is 0. The van der Waals surface area contributed by atoms with Crippen LogP contribution in [0.4, 0.5) is 5.13 Å². The van der Waals surface area contributed by atoms with Gasteiger partial charge >= 0.3 is 35.8 Å². The van der Waals surface area contributed by atoms with Crippen LogP contribution in [0, 0.1) is 29.1 Å². The highest BCUT2D eigenvalue weighted by atomic mass is 32.1. The fraction of sp³-hybridized carbons (Fsp3) is 0.429. The molecule has 0 spiro atoms. The molecular weight excluding hydrogens is 1140 g/mol. The van der Waals surface area contributed by atoms with Gasteiger partial charge in [-0.1, -0.05) is 68.9 Å². The van der Waals surface area contributed by atoms with E-state index in [9.17, 15) is 28.8 Å². The van der Waals surface area contributed by atoms with Gasteiger partial charge in [0.1, 0.15) is 34.5 Å². The highest BCUT2D eigenvalue weighted by Crippen LogP contribution is 2.36. The van der Waals surface area contributed by atoms with Crippen molar-refractivity contribution < 1.29 is 66.7 Å². The second-order valence-electron chi connectivity index (χ2n) is 22.0. The predicted molar refractivity (Wildman–Crippen MR) is 341 cm³/mol. The molecule has 1 heterocycles. The average molecular weight is 1220 g/mol. The maximum absolute atomic E-state index is 13.4. The third-order valence-corrected chi connectivity index (χ3v) is 16.4. The van der Waals surface area contributed by atoms with Crippen LogP contribution in [0.25, 0.3) is 21.0 Å². The SMILES string of the molecule is C=CC(=O)OCCCCCCOc1ccc(OC(=O)C2CCC(C(=O)Oc3ccc4cc(OC(=O)C5CCC(C(=O)Oc6ccc(OCCCCCCOC(=O)C=C)cc6)CC5)c(C=N)cc4c3)CC2)cc1.CCCCCCNc1nc2ccccc2s1. The first-order chi connectivity index (χ1) is 42.9. The zero-order chi connectivity index (χ0) is 62.3. The van der Waals surface area contributed by atoms with Crippen molar-refractivity contribution in [1.82, 2.24) is 4.98 Å². The number of esters is 6. The number of hydrogen-bond acceptors (Lipinski definition) is 18. The molecule has 0 aliphatic heterocycles. The van der Waals surface area contributed by atoms with E-state index in [2.05, 4.69) is 48.6 Å². The normalized spacial score (nSPS) is 16.1. The van der Waals surface area contributed by atoms with Crippen LogP contribution < -0.4 is 33.7 Å². The first-order valence-electron chi connectivity index (χ1n) is 31.0. The summed E-state index contributed by atoms with van der Waals surface area (Å²) in [6.07, 6.45) is 19.4. The Bertz CT molecular complexity index is 3200. The lowest BCUT2D eigenvalue weighted by atomic mass is 9.82. The van der Waals surface area contributed by atoms with Crippen molar-refractivity contribution in [3.8, 4) is 34.5 Å². The van der Waals surface area contributed by atoms with Crippen LogP contribution in [0.3, 0.4) is 0 Å². The van der Waals surface area contributed by atoms with Gasteiger partial charge in [0, 0.05) is 30.5 Å². The maximum Gasteiger partial charge on any atom is 0.330 e. The minimum absolute atomic E-state index is 0.243. The summed E-state index contributed by atoms with van der Waals surface area (Å²) in [5, 5.41) is 13.9. The molecule has 17 nitrogen and oxygen atoms in total. The molecule has 2 aliphatic carbocycles. The molecule has 0 amide bonds. The molecule has 8 rings (SSSR count). The van der Waals surface area contributed by atoms with Crippen LogP contribution in [0.2, 0.25) is 0 Å². The summed E-state index contributed by atoms with van der Waals surface area (Å²) < 4.78 is 45.8. The summed E-state index contributed by atoms with van der Waals surface area (Å²) in [4.78, 5) is 79.4. The smallest absolute Gasteiger partial charge is 0.330 e. The Morgan fingerprint density at radius 2 is 0.955 bits per heavy atom. The van der Waals surface area contributed by atoms with Gasteiger partial charge in [0.05, 0.1) is 60.3 Å². The summed E-state index contributed by atoms with van der Waals surface area (Å²) in [6.45, 7) is 11.9. The van der Waals surface area contributed by atoms with Gasteiger partial charge in [-0.05, 0) is 205 Å².